The van der Waals surface area contributed by atoms with Crippen LogP contribution in [0.25, 0.3) is 55.7 Å². The Labute approximate surface area is 209 Å². The fourth-order valence-electron chi connectivity index (χ4n) is 5.00. The Morgan fingerprint density at radius 1 is 0.973 bits per heavy atom. The van der Waals surface area contributed by atoms with Gasteiger partial charge in [0.1, 0.15) is 5.69 Å². The molecule has 37 heavy (non-hydrogen) atoms. The number of nitrogens with one attached hydrogen (secondary N) is 2. The molecule has 0 aromatic carbocycles. The normalized spacial score (nSPS) is 15.7. The van der Waals surface area contributed by atoms with Gasteiger partial charge in [-0.25, -0.2) is 8.78 Å². The first-order valence-corrected chi connectivity index (χ1v) is 11.9. The molecule has 0 aliphatic carbocycles. The molecule has 0 bridgehead atoms. The molecule has 1 aliphatic rings. The number of nitrogens with zero attached hydrogens (tertiary/aromatic N) is 5. The lowest BCUT2D eigenvalue weighted by atomic mass is 10.1. The maximum atomic E-state index is 13.6. The fraction of sp³-hybridized carbons (Fsp3) is 0.185. The third-order valence-electron chi connectivity index (χ3n) is 6.79. The van der Waals surface area contributed by atoms with Crippen molar-refractivity contribution in [1.29, 1.82) is 0 Å². The van der Waals surface area contributed by atoms with Gasteiger partial charge in [-0.05, 0) is 35.9 Å². The number of H-pyrrole nitrogens is 2. The number of rotatable bonds is 5. The minimum absolute atomic E-state index is 0.102. The van der Waals surface area contributed by atoms with Gasteiger partial charge < -0.3 is 9.40 Å². The first-order chi connectivity index (χ1) is 18.0. The molecule has 1 fully saturated rings. The van der Waals surface area contributed by atoms with Crippen molar-refractivity contribution in [1.82, 2.24) is 35.0 Å². The summed E-state index contributed by atoms with van der Waals surface area (Å²) in [6.07, 6.45) is 10.2. The highest BCUT2D eigenvalue weighted by Gasteiger charge is 2.37. The van der Waals surface area contributed by atoms with E-state index >= 15 is 0 Å². The van der Waals surface area contributed by atoms with Gasteiger partial charge in [-0.1, -0.05) is 0 Å². The van der Waals surface area contributed by atoms with Crippen LogP contribution in [0.15, 0.2) is 72.1 Å². The standard InChI is InChI=1S/C27H21F2N7O/c28-27(29)3-5-36(15-27)13-16-7-18(11-30-10-16)22-8-20-24(12-32-22)34-35-26(20)23-9-19-21(33-23)1-4-31-25(19)17-2-6-37-14-17/h1-2,4,6-12,14,33H,3,5,13,15H2,(H,34,35). The molecule has 7 heterocycles. The van der Waals surface area contributed by atoms with Crippen LogP contribution in [0.3, 0.4) is 0 Å². The van der Waals surface area contributed by atoms with Crippen molar-refractivity contribution in [3.8, 4) is 33.9 Å². The monoisotopic (exact) mass is 497 g/mol. The molecular formula is C27H21F2N7O. The lowest BCUT2D eigenvalue weighted by Gasteiger charge is -2.15. The maximum Gasteiger partial charge on any atom is 0.261 e. The van der Waals surface area contributed by atoms with Crippen LogP contribution in [0.1, 0.15) is 12.0 Å². The molecule has 6 aromatic rings. The zero-order chi connectivity index (χ0) is 25.0. The van der Waals surface area contributed by atoms with Gasteiger partial charge in [0.25, 0.3) is 5.92 Å². The molecule has 0 amide bonds. The number of alkyl halides is 2. The molecular weight excluding hydrogens is 476 g/mol. The maximum absolute atomic E-state index is 13.6. The number of halogens is 2. The predicted octanol–water partition coefficient (Wildman–Crippen LogP) is 5.66. The van der Waals surface area contributed by atoms with Gasteiger partial charge in [-0.15, -0.1) is 0 Å². The lowest BCUT2D eigenvalue weighted by molar-refractivity contribution is 0.0115. The summed E-state index contributed by atoms with van der Waals surface area (Å²) in [5.74, 6) is -2.62. The molecule has 0 saturated carbocycles. The van der Waals surface area contributed by atoms with Crippen LogP contribution >= 0.6 is 0 Å². The van der Waals surface area contributed by atoms with Crippen LogP contribution in [0.5, 0.6) is 0 Å². The third-order valence-corrected chi connectivity index (χ3v) is 6.79. The topological polar surface area (TPSA) is 99.5 Å². The number of likely N-dealkylation sites (tertiary alicyclic amines) is 1. The van der Waals surface area contributed by atoms with Gasteiger partial charge in [-0.3, -0.25) is 25.0 Å². The Balaban J connectivity index is 1.24. The summed E-state index contributed by atoms with van der Waals surface area (Å²) in [6.45, 7) is 0.585. The molecule has 0 atom stereocenters. The SMILES string of the molecule is FC1(F)CCN(Cc2cncc(-c3cc4c(-c5cc6c(-c7ccoc7)nccc6[nH]5)n[nH]c4cn3)c2)C1. The Morgan fingerprint density at radius 3 is 2.73 bits per heavy atom. The number of furan rings is 1. The zero-order valence-corrected chi connectivity index (χ0v) is 19.6. The molecule has 2 N–H and O–H groups in total. The summed E-state index contributed by atoms with van der Waals surface area (Å²) in [6, 6.07) is 9.78. The number of aromatic amines is 2. The number of hydrogen-bond acceptors (Lipinski definition) is 6. The quantitative estimate of drug-likeness (QED) is 0.319. The van der Waals surface area contributed by atoms with Gasteiger partial charge >= 0.3 is 0 Å². The summed E-state index contributed by atoms with van der Waals surface area (Å²) in [4.78, 5) is 18.7. The van der Waals surface area contributed by atoms with Crippen molar-refractivity contribution in [3.05, 3.63) is 73.2 Å². The molecule has 0 unspecified atom stereocenters. The molecule has 184 valence electrons. The molecule has 7 rings (SSSR count). The Bertz CT molecular complexity index is 1740. The number of aromatic nitrogens is 6. The van der Waals surface area contributed by atoms with E-state index in [0.717, 1.165) is 61.3 Å². The smallest absolute Gasteiger partial charge is 0.261 e. The van der Waals surface area contributed by atoms with Gasteiger partial charge in [0.2, 0.25) is 0 Å². The van der Waals surface area contributed by atoms with E-state index in [1.165, 1.54) is 0 Å². The zero-order valence-electron chi connectivity index (χ0n) is 19.6. The van der Waals surface area contributed by atoms with Crippen molar-refractivity contribution in [2.45, 2.75) is 18.9 Å². The molecule has 0 radical (unpaired) electrons. The summed E-state index contributed by atoms with van der Waals surface area (Å²) in [7, 11) is 0. The van der Waals surface area contributed by atoms with E-state index in [0.29, 0.717) is 13.1 Å². The van der Waals surface area contributed by atoms with E-state index in [-0.39, 0.29) is 13.0 Å². The largest absolute Gasteiger partial charge is 0.472 e. The minimum atomic E-state index is -2.62. The molecule has 10 heteroatoms. The second kappa shape index (κ2) is 8.31. The van der Waals surface area contributed by atoms with Crippen LogP contribution in [0, 0.1) is 0 Å². The van der Waals surface area contributed by atoms with E-state index < -0.39 is 5.92 Å². The molecule has 8 nitrogen and oxygen atoms in total. The summed E-state index contributed by atoms with van der Waals surface area (Å²) >= 11 is 0. The van der Waals surface area contributed by atoms with E-state index in [1.807, 2.05) is 30.3 Å². The average Bonchev–Trinajstić information content (AvgIpc) is 3.69. The van der Waals surface area contributed by atoms with E-state index in [4.69, 9.17) is 4.42 Å². The van der Waals surface area contributed by atoms with Crippen LogP contribution in [-0.4, -0.2) is 54.0 Å². The van der Waals surface area contributed by atoms with Gasteiger partial charge in [0.05, 0.1) is 47.9 Å². The molecule has 1 saturated heterocycles. The number of fused-ring (bicyclic) bond motifs is 2. The second-order valence-electron chi connectivity index (χ2n) is 9.40. The third kappa shape index (κ3) is 3.95. The Kier molecular flexibility index (Phi) is 4.90. The summed E-state index contributed by atoms with van der Waals surface area (Å²) < 4.78 is 32.5. The van der Waals surface area contributed by atoms with Crippen LogP contribution in [0.4, 0.5) is 8.78 Å². The lowest BCUT2D eigenvalue weighted by Crippen LogP contribution is -2.24. The van der Waals surface area contributed by atoms with Gasteiger partial charge in [0.15, 0.2) is 0 Å². The van der Waals surface area contributed by atoms with Crippen LogP contribution in [-0.2, 0) is 6.54 Å². The Morgan fingerprint density at radius 2 is 1.89 bits per heavy atom. The highest BCUT2D eigenvalue weighted by atomic mass is 19.3. The fourth-order valence-corrected chi connectivity index (χ4v) is 5.00. The van der Waals surface area contributed by atoms with Crippen molar-refractivity contribution >= 4 is 21.8 Å². The second-order valence-corrected chi connectivity index (χ2v) is 9.40. The highest BCUT2D eigenvalue weighted by molar-refractivity contribution is 6.00. The van der Waals surface area contributed by atoms with Crippen molar-refractivity contribution in [3.63, 3.8) is 0 Å². The molecule has 1 aliphatic heterocycles. The summed E-state index contributed by atoms with van der Waals surface area (Å²) in [5, 5.41) is 9.49. The highest BCUT2D eigenvalue weighted by Crippen LogP contribution is 2.34. The van der Waals surface area contributed by atoms with Crippen molar-refractivity contribution in [2.75, 3.05) is 13.1 Å². The van der Waals surface area contributed by atoms with Gasteiger partial charge in [-0.2, -0.15) is 5.10 Å². The van der Waals surface area contributed by atoms with Crippen LogP contribution < -0.4 is 0 Å². The first-order valence-electron chi connectivity index (χ1n) is 11.9. The molecule has 6 aromatic heterocycles. The number of hydrogen-bond donors (Lipinski definition) is 2. The van der Waals surface area contributed by atoms with E-state index in [9.17, 15) is 8.78 Å². The predicted molar refractivity (Wildman–Crippen MR) is 135 cm³/mol. The van der Waals surface area contributed by atoms with E-state index in [1.54, 1.807) is 42.2 Å². The minimum Gasteiger partial charge on any atom is -0.472 e. The van der Waals surface area contributed by atoms with Crippen molar-refractivity contribution < 1.29 is 13.2 Å². The Hall–Kier alpha value is -4.44. The van der Waals surface area contributed by atoms with Crippen LogP contribution in [0.2, 0.25) is 0 Å². The van der Waals surface area contributed by atoms with Crippen molar-refractivity contribution in [2.24, 2.45) is 0 Å². The number of pyridine rings is 3. The average molecular weight is 498 g/mol. The van der Waals surface area contributed by atoms with Gasteiger partial charge in [0, 0.05) is 65.5 Å². The molecule has 0 spiro atoms. The first kappa shape index (κ1) is 21.8. The summed E-state index contributed by atoms with van der Waals surface area (Å²) in [5.41, 5.74) is 7.50. The van der Waals surface area contributed by atoms with E-state index in [2.05, 4.69) is 30.1 Å².